The lowest BCUT2D eigenvalue weighted by molar-refractivity contribution is 0.122. The summed E-state index contributed by atoms with van der Waals surface area (Å²) in [6.45, 7) is 10.5. The highest BCUT2D eigenvalue weighted by Gasteiger charge is 2.16. The Balaban J connectivity index is 1.21. The Morgan fingerprint density at radius 2 is 1.09 bits per heavy atom. The number of morpholine rings is 2. The van der Waals surface area contributed by atoms with Crippen LogP contribution in [0.2, 0.25) is 0 Å². The third-order valence-electron chi connectivity index (χ3n) is 5.26. The molecule has 0 unspecified atom stereocenters. The van der Waals surface area contributed by atoms with Crippen molar-refractivity contribution < 1.29 is 9.47 Å². The second kappa shape index (κ2) is 12.0. The second-order valence-corrected chi connectivity index (χ2v) is 10.1. The average molecular weight is 477 g/mol. The quantitative estimate of drug-likeness (QED) is 0.306. The van der Waals surface area contributed by atoms with Gasteiger partial charge < -0.3 is 19.3 Å². The molecule has 32 heavy (non-hydrogen) atoms. The molecular formula is C22H32N6O2S2. The molecule has 2 aliphatic heterocycles. The first kappa shape index (κ1) is 23.5. The lowest BCUT2D eigenvalue weighted by Crippen LogP contribution is -2.37. The maximum atomic E-state index is 5.44. The molecule has 0 amide bonds. The summed E-state index contributed by atoms with van der Waals surface area (Å²) >= 11 is 3.64. The summed E-state index contributed by atoms with van der Waals surface area (Å²) in [4.78, 5) is 23.2. The van der Waals surface area contributed by atoms with Crippen molar-refractivity contribution in [3.8, 4) is 0 Å². The zero-order valence-corrected chi connectivity index (χ0v) is 20.6. The van der Waals surface area contributed by atoms with E-state index in [0.717, 1.165) is 110 Å². The van der Waals surface area contributed by atoms with Gasteiger partial charge in [-0.25, -0.2) is 19.9 Å². The lowest BCUT2D eigenvalue weighted by Gasteiger charge is -2.27. The Bertz CT molecular complexity index is 804. The second-order valence-electron chi connectivity index (χ2n) is 7.90. The van der Waals surface area contributed by atoms with Crippen molar-refractivity contribution in [3.05, 3.63) is 23.5 Å². The summed E-state index contributed by atoms with van der Waals surface area (Å²) in [7, 11) is 0. The van der Waals surface area contributed by atoms with Gasteiger partial charge in [0.15, 0.2) is 0 Å². The Morgan fingerprint density at radius 1 is 0.688 bits per heavy atom. The largest absolute Gasteiger partial charge is 0.378 e. The first-order valence-electron chi connectivity index (χ1n) is 11.3. The van der Waals surface area contributed by atoms with Gasteiger partial charge in [-0.1, -0.05) is 0 Å². The van der Waals surface area contributed by atoms with Crippen LogP contribution in [0.5, 0.6) is 0 Å². The van der Waals surface area contributed by atoms with Gasteiger partial charge in [0.25, 0.3) is 0 Å². The van der Waals surface area contributed by atoms with E-state index in [1.54, 1.807) is 0 Å². The Hall–Kier alpha value is -1.62. The third-order valence-corrected chi connectivity index (χ3v) is 7.26. The van der Waals surface area contributed by atoms with E-state index in [9.17, 15) is 0 Å². The predicted octanol–water partition coefficient (Wildman–Crippen LogP) is 3.22. The smallest absolute Gasteiger partial charge is 0.226 e. The van der Waals surface area contributed by atoms with Gasteiger partial charge in [-0.15, -0.1) is 23.5 Å². The molecule has 2 saturated heterocycles. The minimum Gasteiger partial charge on any atom is -0.378 e. The molecule has 0 saturated carbocycles. The molecular weight excluding hydrogens is 444 g/mol. The summed E-state index contributed by atoms with van der Waals surface area (Å²) in [5, 5.41) is 2.13. The molecule has 4 heterocycles. The van der Waals surface area contributed by atoms with E-state index in [2.05, 4.69) is 31.9 Å². The Morgan fingerprint density at radius 3 is 1.50 bits per heavy atom. The van der Waals surface area contributed by atoms with Crippen molar-refractivity contribution in [2.75, 3.05) is 73.9 Å². The lowest BCUT2D eigenvalue weighted by atomic mass is 10.4. The molecule has 0 bridgehead atoms. The van der Waals surface area contributed by atoms with Crippen LogP contribution in [0.1, 0.15) is 24.2 Å². The van der Waals surface area contributed by atoms with Crippen molar-refractivity contribution in [2.45, 2.75) is 36.7 Å². The molecule has 2 aromatic rings. The number of ether oxygens (including phenoxy) is 2. The Kier molecular flexibility index (Phi) is 8.84. The van der Waals surface area contributed by atoms with Gasteiger partial charge in [0.2, 0.25) is 11.9 Å². The van der Waals surface area contributed by atoms with Crippen LogP contribution in [0.15, 0.2) is 22.2 Å². The molecule has 0 aliphatic carbocycles. The van der Waals surface area contributed by atoms with Crippen molar-refractivity contribution in [3.63, 3.8) is 0 Å². The number of unbranched alkanes of at least 4 members (excludes halogenated alkanes) is 1. The molecule has 0 atom stereocenters. The fraction of sp³-hybridized carbons (Fsp3) is 0.636. The molecule has 0 radical (unpaired) electrons. The van der Waals surface area contributed by atoms with Crippen molar-refractivity contribution in [1.82, 2.24) is 19.9 Å². The average Bonchev–Trinajstić information content (AvgIpc) is 2.82. The maximum absolute atomic E-state index is 5.44. The fourth-order valence-corrected chi connectivity index (χ4v) is 5.48. The van der Waals surface area contributed by atoms with Gasteiger partial charge in [0.1, 0.15) is 10.1 Å². The zero-order chi connectivity index (χ0) is 22.2. The first-order valence-corrected chi connectivity index (χ1v) is 13.3. The summed E-state index contributed by atoms with van der Waals surface area (Å²) in [6.07, 6.45) is 2.29. The minimum absolute atomic E-state index is 0.747. The highest BCUT2D eigenvalue weighted by Crippen LogP contribution is 2.24. The number of aryl methyl sites for hydroxylation is 2. The number of anilines is 2. The zero-order valence-electron chi connectivity index (χ0n) is 19.0. The fourth-order valence-electron chi connectivity index (χ4n) is 3.56. The minimum atomic E-state index is 0.747. The van der Waals surface area contributed by atoms with Gasteiger partial charge in [-0.2, -0.15) is 0 Å². The van der Waals surface area contributed by atoms with E-state index in [1.165, 1.54) is 0 Å². The molecule has 0 spiro atoms. The van der Waals surface area contributed by atoms with E-state index >= 15 is 0 Å². The van der Waals surface area contributed by atoms with E-state index in [-0.39, 0.29) is 0 Å². The van der Waals surface area contributed by atoms with Crippen LogP contribution >= 0.6 is 23.5 Å². The van der Waals surface area contributed by atoms with Crippen LogP contribution in [-0.4, -0.2) is 84.0 Å². The summed E-state index contributed by atoms with van der Waals surface area (Å²) in [5.41, 5.74) is 2.05. The van der Waals surface area contributed by atoms with Gasteiger partial charge in [-0.05, 0) is 50.3 Å². The number of thioether (sulfide) groups is 2. The Labute approximate surface area is 198 Å². The summed E-state index contributed by atoms with van der Waals surface area (Å²) in [6, 6.07) is 4.17. The van der Waals surface area contributed by atoms with Crippen LogP contribution in [0, 0.1) is 13.8 Å². The predicted molar refractivity (Wildman–Crippen MR) is 130 cm³/mol. The standard InChI is InChI=1S/C22H32N6O2S2/c1-17-15-19(25-21(23-17)27-5-9-29-10-6-27)31-13-3-4-14-32-20-16-18(2)24-22(26-20)28-7-11-30-12-8-28/h15-16H,3-14H2,1-2H3. The number of nitrogens with zero attached hydrogens (tertiary/aromatic N) is 6. The number of hydrogen-bond donors (Lipinski definition) is 0. The number of aromatic nitrogens is 4. The molecule has 4 rings (SSSR count). The van der Waals surface area contributed by atoms with Crippen molar-refractivity contribution in [1.29, 1.82) is 0 Å². The molecule has 10 heteroatoms. The van der Waals surface area contributed by atoms with E-state index in [0.29, 0.717) is 0 Å². The molecule has 174 valence electrons. The first-order chi connectivity index (χ1) is 15.7. The molecule has 0 aromatic carbocycles. The highest BCUT2D eigenvalue weighted by molar-refractivity contribution is 7.99. The molecule has 8 nitrogen and oxygen atoms in total. The van der Waals surface area contributed by atoms with E-state index in [4.69, 9.17) is 19.4 Å². The van der Waals surface area contributed by atoms with Crippen LogP contribution in [-0.2, 0) is 9.47 Å². The molecule has 2 aliphatic rings. The van der Waals surface area contributed by atoms with Crippen LogP contribution in [0.25, 0.3) is 0 Å². The monoisotopic (exact) mass is 476 g/mol. The molecule has 2 fully saturated rings. The normalized spacial score (nSPS) is 17.1. The van der Waals surface area contributed by atoms with Gasteiger partial charge >= 0.3 is 0 Å². The van der Waals surface area contributed by atoms with E-state index < -0.39 is 0 Å². The maximum Gasteiger partial charge on any atom is 0.226 e. The summed E-state index contributed by atoms with van der Waals surface area (Å²) in [5.74, 6) is 3.78. The topological polar surface area (TPSA) is 76.5 Å². The van der Waals surface area contributed by atoms with Crippen LogP contribution in [0.3, 0.4) is 0 Å². The van der Waals surface area contributed by atoms with Gasteiger partial charge in [-0.3, -0.25) is 0 Å². The number of hydrogen-bond acceptors (Lipinski definition) is 10. The third kappa shape index (κ3) is 6.94. The summed E-state index contributed by atoms with van der Waals surface area (Å²) < 4.78 is 10.9. The SMILES string of the molecule is Cc1cc(SCCCCSc2cc(C)nc(N3CCOCC3)n2)nc(N2CCOCC2)n1. The van der Waals surface area contributed by atoms with Crippen LogP contribution in [0.4, 0.5) is 11.9 Å². The number of rotatable bonds is 9. The van der Waals surface area contributed by atoms with Gasteiger partial charge in [0, 0.05) is 37.6 Å². The molecule has 0 N–H and O–H groups in total. The van der Waals surface area contributed by atoms with E-state index in [1.807, 2.05) is 37.4 Å². The van der Waals surface area contributed by atoms with Crippen LogP contribution < -0.4 is 9.80 Å². The highest BCUT2D eigenvalue weighted by atomic mass is 32.2. The molecule has 2 aromatic heterocycles. The van der Waals surface area contributed by atoms with Crippen molar-refractivity contribution in [2.24, 2.45) is 0 Å². The van der Waals surface area contributed by atoms with Crippen molar-refractivity contribution >= 4 is 35.4 Å². The van der Waals surface area contributed by atoms with Gasteiger partial charge in [0.05, 0.1) is 26.4 Å².